The zero-order valence-electron chi connectivity index (χ0n) is 21.7. The molecule has 2 aromatic heterocycles. The lowest BCUT2D eigenvalue weighted by Gasteiger charge is -2.31. The summed E-state index contributed by atoms with van der Waals surface area (Å²) in [6.45, 7) is 2.74. The van der Waals surface area contributed by atoms with E-state index in [1.165, 1.54) is 13.0 Å². The quantitative estimate of drug-likeness (QED) is 0.359. The monoisotopic (exact) mass is 596 g/mol. The molecule has 0 amide bonds. The summed E-state index contributed by atoms with van der Waals surface area (Å²) in [4.78, 5) is 30.6. The van der Waals surface area contributed by atoms with Crippen LogP contribution in [0.3, 0.4) is 0 Å². The second-order valence-corrected chi connectivity index (χ2v) is 11.8. The molecule has 0 aliphatic carbocycles. The van der Waals surface area contributed by atoms with E-state index in [4.69, 9.17) is 0 Å². The van der Waals surface area contributed by atoms with E-state index < -0.39 is 51.9 Å². The van der Waals surface area contributed by atoms with Gasteiger partial charge < -0.3 is 4.90 Å². The Labute approximate surface area is 232 Å². The Balaban J connectivity index is 1.38. The van der Waals surface area contributed by atoms with E-state index in [0.717, 1.165) is 47.4 Å². The maximum absolute atomic E-state index is 14.8. The Kier molecular flexibility index (Phi) is 7.76. The minimum absolute atomic E-state index is 0.0446. The summed E-state index contributed by atoms with van der Waals surface area (Å²) in [5.74, 6) is -2.12. The number of aryl methyl sites for hydroxylation is 1. The number of hydrogen-bond donors (Lipinski definition) is 0. The van der Waals surface area contributed by atoms with Crippen LogP contribution in [0.1, 0.15) is 37.7 Å². The smallest absolute Gasteiger partial charge is 0.341 e. The van der Waals surface area contributed by atoms with Crippen molar-refractivity contribution in [3.63, 3.8) is 0 Å². The van der Waals surface area contributed by atoms with Gasteiger partial charge in [0.25, 0.3) is 0 Å². The molecule has 0 radical (unpaired) electrons. The zero-order valence-corrected chi connectivity index (χ0v) is 22.5. The van der Waals surface area contributed by atoms with Crippen LogP contribution in [-0.2, 0) is 27.4 Å². The van der Waals surface area contributed by atoms with Gasteiger partial charge in [0.2, 0.25) is 21.8 Å². The summed E-state index contributed by atoms with van der Waals surface area (Å²) in [7, 11) is -4.31. The molecule has 3 aromatic rings. The molecule has 0 spiro atoms. The Hall–Kier alpha value is -3.59. The fourth-order valence-corrected chi connectivity index (χ4v) is 6.62. The third-order valence-electron chi connectivity index (χ3n) is 7.18. The highest BCUT2D eigenvalue weighted by Crippen LogP contribution is 2.34. The number of halogens is 5. The third-order valence-corrected chi connectivity index (χ3v) is 9.19. The molecule has 15 heteroatoms. The van der Waals surface area contributed by atoms with Gasteiger partial charge in [0.15, 0.2) is 5.78 Å². The van der Waals surface area contributed by atoms with E-state index >= 15 is 0 Å². The van der Waals surface area contributed by atoms with Gasteiger partial charge in [-0.05, 0) is 50.1 Å². The van der Waals surface area contributed by atoms with E-state index in [1.54, 1.807) is 0 Å². The average molecular weight is 597 g/mol. The van der Waals surface area contributed by atoms with Crippen molar-refractivity contribution in [2.45, 2.75) is 61.9 Å². The molecule has 2 saturated heterocycles. The predicted molar refractivity (Wildman–Crippen MR) is 136 cm³/mol. The minimum Gasteiger partial charge on any atom is -0.341 e. The molecule has 0 bridgehead atoms. The number of Topliss-reactive ketones (excluding diaryl/α,β-unsaturated/α-hetero) is 1. The molecule has 2 aliphatic rings. The molecule has 41 heavy (non-hydrogen) atoms. The van der Waals surface area contributed by atoms with Gasteiger partial charge in [-0.25, -0.2) is 37.1 Å². The molecule has 0 unspecified atom stereocenters. The van der Waals surface area contributed by atoms with Gasteiger partial charge in [0.1, 0.15) is 12.0 Å². The van der Waals surface area contributed by atoms with Crippen LogP contribution < -0.4 is 4.90 Å². The minimum atomic E-state index is -4.70. The maximum atomic E-state index is 14.8. The molecule has 9 nitrogen and oxygen atoms in total. The van der Waals surface area contributed by atoms with Crippen LogP contribution in [-0.4, -0.2) is 69.8 Å². The largest absolute Gasteiger partial charge is 0.451 e. The molecule has 218 valence electrons. The van der Waals surface area contributed by atoms with Crippen molar-refractivity contribution in [3.8, 4) is 11.3 Å². The Morgan fingerprint density at radius 2 is 1.73 bits per heavy atom. The fraction of sp³-hybridized carbons (Fsp3) is 0.423. The van der Waals surface area contributed by atoms with Crippen molar-refractivity contribution >= 4 is 21.8 Å². The van der Waals surface area contributed by atoms with Crippen molar-refractivity contribution in [2.75, 3.05) is 18.0 Å². The first-order valence-electron chi connectivity index (χ1n) is 12.8. The van der Waals surface area contributed by atoms with Crippen molar-refractivity contribution in [3.05, 3.63) is 60.1 Å². The topological polar surface area (TPSA) is 109 Å². The van der Waals surface area contributed by atoms with E-state index in [-0.39, 0.29) is 35.4 Å². The standard InChI is InChI=1S/C26H25F5N6O3S/c1-15-20(28)12-22(37(15)41(39,40)19-6-3-17(27)4-7-19)23(38)8-5-18-11-21(35-25(34-18)36-9-2-10-36)16-13-32-24(33-14-16)26(29,30)31/h3-4,6-7,11,13-15,20,22H,2,5,8-10,12H2,1H3/t15-,20+,22-/m0/s1. The number of carbonyl (C=O) groups excluding carboxylic acids is 1. The van der Waals surface area contributed by atoms with Crippen LogP contribution in [0.25, 0.3) is 11.3 Å². The first kappa shape index (κ1) is 28.9. The lowest BCUT2D eigenvalue weighted by molar-refractivity contribution is -0.145. The third kappa shape index (κ3) is 5.91. The number of rotatable bonds is 8. The zero-order chi connectivity index (χ0) is 29.5. The first-order chi connectivity index (χ1) is 19.3. The van der Waals surface area contributed by atoms with E-state index in [1.807, 2.05) is 4.90 Å². The Bertz CT molecular complexity index is 1530. The molecule has 5 rings (SSSR count). The lowest BCUT2D eigenvalue weighted by atomic mass is 10.0. The van der Waals surface area contributed by atoms with E-state index in [2.05, 4.69) is 19.9 Å². The molecule has 1 aromatic carbocycles. The average Bonchev–Trinajstić information content (AvgIpc) is 3.20. The molecule has 3 atom stereocenters. The van der Waals surface area contributed by atoms with E-state index in [0.29, 0.717) is 24.7 Å². The van der Waals surface area contributed by atoms with Crippen molar-refractivity contribution in [2.24, 2.45) is 0 Å². The van der Waals surface area contributed by atoms with Crippen LogP contribution in [0, 0.1) is 5.82 Å². The molecule has 4 heterocycles. The number of nitrogens with zero attached hydrogens (tertiary/aromatic N) is 6. The fourth-order valence-electron chi connectivity index (χ4n) is 4.79. The molecule has 0 N–H and O–H groups in total. The first-order valence-corrected chi connectivity index (χ1v) is 14.3. The SMILES string of the molecule is C[C@H]1[C@H](F)C[C@@H](C(=O)CCc2cc(-c3cnc(C(F)(F)F)nc3)nc(N3CCC3)n2)N1S(=O)(=O)c1ccc(F)cc1. The summed E-state index contributed by atoms with van der Waals surface area (Å²) < 4.78 is 94.3. The van der Waals surface area contributed by atoms with Gasteiger partial charge in [0, 0.05) is 49.6 Å². The molecule has 2 aliphatic heterocycles. The normalized spacial score (nSPS) is 21.6. The molecule has 0 saturated carbocycles. The van der Waals surface area contributed by atoms with Crippen molar-refractivity contribution in [1.82, 2.24) is 24.2 Å². The van der Waals surface area contributed by atoms with Crippen LogP contribution in [0.4, 0.5) is 27.9 Å². The van der Waals surface area contributed by atoms with Gasteiger partial charge in [-0.2, -0.15) is 17.5 Å². The van der Waals surface area contributed by atoms with Crippen LogP contribution in [0.2, 0.25) is 0 Å². The molecular weight excluding hydrogens is 571 g/mol. The van der Waals surface area contributed by atoms with Crippen molar-refractivity contribution in [1.29, 1.82) is 0 Å². The highest BCUT2D eigenvalue weighted by Gasteiger charge is 2.48. The number of hydrogen-bond acceptors (Lipinski definition) is 8. The number of alkyl halides is 4. The van der Waals surface area contributed by atoms with Gasteiger partial charge in [-0.15, -0.1) is 0 Å². The Morgan fingerprint density at radius 3 is 2.32 bits per heavy atom. The predicted octanol–water partition coefficient (Wildman–Crippen LogP) is 3.99. The van der Waals surface area contributed by atoms with Gasteiger partial charge in [-0.1, -0.05) is 0 Å². The lowest BCUT2D eigenvalue weighted by Crippen LogP contribution is -2.44. The second kappa shape index (κ2) is 11.0. The summed E-state index contributed by atoms with van der Waals surface area (Å²) in [6, 6.07) is 3.20. The Morgan fingerprint density at radius 1 is 1.07 bits per heavy atom. The van der Waals surface area contributed by atoms with E-state index in [9.17, 15) is 35.2 Å². The number of aromatic nitrogens is 4. The maximum Gasteiger partial charge on any atom is 0.451 e. The highest BCUT2D eigenvalue weighted by molar-refractivity contribution is 7.89. The highest BCUT2D eigenvalue weighted by atomic mass is 32.2. The molecular formula is C26H25F5N6O3S. The number of ketones is 1. The van der Waals surface area contributed by atoms with Gasteiger partial charge >= 0.3 is 6.18 Å². The number of benzene rings is 1. The molecule has 2 fully saturated rings. The number of anilines is 1. The summed E-state index contributed by atoms with van der Waals surface area (Å²) >= 11 is 0. The number of carbonyl (C=O) groups is 1. The van der Waals surface area contributed by atoms with Gasteiger partial charge in [-0.3, -0.25) is 4.79 Å². The summed E-state index contributed by atoms with van der Waals surface area (Å²) in [5, 5.41) is 0. The summed E-state index contributed by atoms with van der Waals surface area (Å²) in [5.41, 5.74) is 0.869. The summed E-state index contributed by atoms with van der Waals surface area (Å²) in [6.07, 6.45) is -3.82. The van der Waals surface area contributed by atoms with Crippen molar-refractivity contribution < 1.29 is 35.2 Å². The van der Waals surface area contributed by atoms with Crippen LogP contribution in [0.15, 0.2) is 47.6 Å². The van der Waals surface area contributed by atoms with Crippen LogP contribution >= 0.6 is 0 Å². The van der Waals surface area contributed by atoms with Gasteiger partial charge in [0.05, 0.1) is 22.7 Å². The number of sulfonamides is 1. The second-order valence-electron chi connectivity index (χ2n) is 9.94. The van der Waals surface area contributed by atoms with Crippen LogP contribution in [0.5, 0.6) is 0 Å².